The molecule has 8 heavy (non-hydrogen) atoms. The monoisotopic (exact) mass is 114 g/mol. The van der Waals surface area contributed by atoms with E-state index in [1.165, 1.54) is 0 Å². The Hall–Kier alpha value is -0.570. The lowest BCUT2D eigenvalue weighted by Crippen LogP contribution is -2.08. The van der Waals surface area contributed by atoms with Gasteiger partial charge >= 0.3 is 0 Å². The molecule has 0 saturated carbocycles. The standard InChI is InChI=1S/C5H10N2O/c1-8-7-5-2-3-6-4-5/h6H,2-4H2,1H3/b7-5-. The molecule has 0 aromatic carbocycles. The molecular formula is C5H10N2O. The zero-order chi connectivity index (χ0) is 5.82. The van der Waals surface area contributed by atoms with Crippen molar-refractivity contribution in [3.05, 3.63) is 0 Å². The summed E-state index contributed by atoms with van der Waals surface area (Å²) < 4.78 is 0. The molecule has 1 aliphatic heterocycles. The molecule has 0 aromatic rings. The van der Waals surface area contributed by atoms with E-state index < -0.39 is 0 Å². The smallest absolute Gasteiger partial charge is 0.106 e. The van der Waals surface area contributed by atoms with E-state index in [9.17, 15) is 0 Å². The Bertz CT molecular complexity index is 92.6. The van der Waals surface area contributed by atoms with E-state index in [-0.39, 0.29) is 0 Å². The Balaban J connectivity index is 2.33. The van der Waals surface area contributed by atoms with E-state index in [0.717, 1.165) is 25.2 Å². The first kappa shape index (κ1) is 5.56. The van der Waals surface area contributed by atoms with Crippen molar-refractivity contribution in [2.45, 2.75) is 6.42 Å². The molecule has 1 fully saturated rings. The average molecular weight is 114 g/mol. The summed E-state index contributed by atoms with van der Waals surface area (Å²) in [7, 11) is 1.57. The van der Waals surface area contributed by atoms with Crippen LogP contribution in [0, 0.1) is 0 Å². The predicted octanol–water partition coefficient (Wildman–Crippen LogP) is -0.0179. The quantitative estimate of drug-likeness (QED) is 0.486. The average Bonchev–Trinajstić information content (AvgIpc) is 2.19. The van der Waals surface area contributed by atoms with Crippen molar-refractivity contribution in [3.63, 3.8) is 0 Å². The first-order chi connectivity index (χ1) is 3.93. The van der Waals surface area contributed by atoms with Crippen LogP contribution in [0.3, 0.4) is 0 Å². The molecule has 0 unspecified atom stereocenters. The molecule has 0 aliphatic carbocycles. The third-order valence-corrected chi connectivity index (χ3v) is 1.14. The molecule has 0 bridgehead atoms. The third kappa shape index (κ3) is 1.20. The Morgan fingerprint density at radius 2 is 2.62 bits per heavy atom. The van der Waals surface area contributed by atoms with E-state index in [1.807, 2.05) is 0 Å². The number of hydrogen-bond acceptors (Lipinski definition) is 3. The van der Waals surface area contributed by atoms with Crippen LogP contribution in [0.2, 0.25) is 0 Å². The lowest BCUT2D eigenvalue weighted by atomic mass is 10.3. The van der Waals surface area contributed by atoms with Gasteiger partial charge in [0.05, 0.1) is 5.71 Å². The number of hydrogen-bond donors (Lipinski definition) is 1. The number of nitrogens with zero attached hydrogens (tertiary/aromatic N) is 1. The van der Waals surface area contributed by atoms with Gasteiger partial charge in [-0.15, -0.1) is 0 Å². The van der Waals surface area contributed by atoms with E-state index >= 15 is 0 Å². The van der Waals surface area contributed by atoms with Gasteiger partial charge in [-0.2, -0.15) is 0 Å². The highest BCUT2D eigenvalue weighted by Gasteiger charge is 2.05. The number of oxime groups is 1. The normalized spacial score (nSPS) is 24.4. The third-order valence-electron chi connectivity index (χ3n) is 1.14. The highest BCUT2D eigenvalue weighted by atomic mass is 16.6. The minimum absolute atomic E-state index is 0.897. The van der Waals surface area contributed by atoms with Gasteiger partial charge in [-0.25, -0.2) is 0 Å². The largest absolute Gasteiger partial charge is 0.399 e. The minimum atomic E-state index is 0.897. The van der Waals surface area contributed by atoms with Crippen molar-refractivity contribution in [2.75, 3.05) is 20.2 Å². The van der Waals surface area contributed by atoms with Crippen LogP contribution in [0.4, 0.5) is 0 Å². The molecule has 1 saturated heterocycles. The van der Waals surface area contributed by atoms with Gasteiger partial charge < -0.3 is 10.2 Å². The van der Waals surface area contributed by atoms with Crippen LogP contribution in [0.25, 0.3) is 0 Å². The van der Waals surface area contributed by atoms with Gasteiger partial charge in [-0.3, -0.25) is 0 Å². The first-order valence-corrected chi connectivity index (χ1v) is 2.73. The summed E-state index contributed by atoms with van der Waals surface area (Å²) in [6, 6.07) is 0. The molecule has 1 N–H and O–H groups in total. The maximum absolute atomic E-state index is 4.57. The Kier molecular flexibility index (Phi) is 1.86. The molecule has 0 atom stereocenters. The van der Waals surface area contributed by atoms with Crippen LogP contribution in [-0.4, -0.2) is 25.9 Å². The van der Waals surface area contributed by atoms with Crippen LogP contribution in [-0.2, 0) is 4.84 Å². The fourth-order valence-electron chi connectivity index (χ4n) is 0.761. The molecule has 0 spiro atoms. The second-order valence-electron chi connectivity index (χ2n) is 1.77. The van der Waals surface area contributed by atoms with Gasteiger partial charge in [0.15, 0.2) is 0 Å². The predicted molar refractivity (Wildman–Crippen MR) is 31.9 cm³/mol. The lowest BCUT2D eigenvalue weighted by molar-refractivity contribution is 0.212. The maximum atomic E-state index is 4.57. The summed E-state index contributed by atoms with van der Waals surface area (Å²) in [6.45, 7) is 1.94. The highest BCUT2D eigenvalue weighted by Crippen LogP contribution is 1.91. The van der Waals surface area contributed by atoms with Gasteiger partial charge in [-0.05, 0) is 0 Å². The van der Waals surface area contributed by atoms with Crippen LogP contribution >= 0.6 is 0 Å². The van der Waals surface area contributed by atoms with Crippen molar-refractivity contribution >= 4 is 5.71 Å². The Morgan fingerprint density at radius 3 is 3.12 bits per heavy atom. The summed E-state index contributed by atoms with van der Waals surface area (Å²) in [5, 5.41) is 6.92. The van der Waals surface area contributed by atoms with Crippen molar-refractivity contribution < 1.29 is 4.84 Å². The van der Waals surface area contributed by atoms with E-state index in [1.54, 1.807) is 7.11 Å². The second kappa shape index (κ2) is 2.67. The molecule has 46 valence electrons. The topological polar surface area (TPSA) is 33.6 Å². The molecule has 0 aromatic heterocycles. The van der Waals surface area contributed by atoms with Crippen LogP contribution < -0.4 is 5.32 Å². The maximum Gasteiger partial charge on any atom is 0.106 e. The molecule has 0 radical (unpaired) electrons. The van der Waals surface area contributed by atoms with Crippen LogP contribution in [0.1, 0.15) is 6.42 Å². The van der Waals surface area contributed by atoms with Crippen LogP contribution in [0.5, 0.6) is 0 Å². The number of rotatable bonds is 1. The summed E-state index contributed by atoms with van der Waals surface area (Å²) in [6.07, 6.45) is 1.04. The fourth-order valence-corrected chi connectivity index (χ4v) is 0.761. The van der Waals surface area contributed by atoms with E-state index in [2.05, 4.69) is 15.3 Å². The zero-order valence-electron chi connectivity index (χ0n) is 4.98. The molecular weight excluding hydrogens is 104 g/mol. The van der Waals surface area contributed by atoms with Gasteiger partial charge in [0.25, 0.3) is 0 Å². The SMILES string of the molecule is CO/N=C1/CCNC1. The number of nitrogens with one attached hydrogen (secondary N) is 1. The van der Waals surface area contributed by atoms with Gasteiger partial charge in [0.1, 0.15) is 7.11 Å². The summed E-state index contributed by atoms with van der Waals surface area (Å²) in [5.41, 5.74) is 1.12. The van der Waals surface area contributed by atoms with Crippen LogP contribution in [0.15, 0.2) is 5.16 Å². The molecule has 0 amide bonds. The van der Waals surface area contributed by atoms with E-state index in [0.29, 0.717) is 0 Å². The highest BCUT2D eigenvalue weighted by molar-refractivity contribution is 5.87. The lowest BCUT2D eigenvalue weighted by Gasteiger charge is -1.88. The molecule has 1 aliphatic rings. The summed E-state index contributed by atoms with van der Waals surface area (Å²) in [4.78, 5) is 4.57. The minimum Gasteiger partial charge on any atom is -0.399 e. The Morgan fingerprint density at radius 1 is 1.75 bits per heavy atom. The van der Waals surface area contributed by atoms with Crippen molar-refractivity contribution in [1.29, 1.82) is 0 Å². The molecule has 1 rings (SSSR count). The van der Waals surface area contributed by atoms with Crippen molar-refractivity contribution in [3.8, 4) is 0 Å². The fraction of sp³-hybridized carbons (Fsp3) is 0.800. The van der Waals surface area contributed by atoms with Crippen molar-refractivity contribution in [1.82, 2.24) is 5.32 Å². The molecule has 3 nitrogen and oxygen atoms in total. The first-order valence-electron chi connectivity index (χ1n) is 2.73. The van der Waals surface area contributed by atoms with Crippen molar-refractivity contribution in [2.24, 2.45) is 5.16 Å². The summed E-state index contributed by atoms with van der Waals surface area (Å²) in [5.74, 6) is 0. The van der Waals surface area contributed by atoms with Gasteiger partial charge in [0.2, 0.25) is 0 Å². The second-order valence-corrected chi connectivity index (χ2v) is 1.77. The molecule has 1 heterocycles. The zero-order valence-corrected chi connectivity index (χ0v) is 4.98. The van der Waals surface area contributed by atoms with E-state index in [4.69, 9.17) is 0 Å². The summed E-state index contributed by atoms with van der Waals surface area (Å²) >= 11 is 0. The van der Waals surface area contributed by atoms with Gasteiger partial charge in [0, 0.05) is 19.5 Å². The molecule has 3 heteroatoms. The Labute approximate surface area is 48.7 Å². The van der Waals surface area contributed by atoms with Gasteiger partial charge in [-0.1, -0.05) is 5.16 Å².